The van der Waals surface area contributed by atoms with Crippen molar-refractivity contribution in [2.75, 3.05) is 19.6 Å². The molecule has 4 nitrogen and oxygen atoms in total. The standard InChI is InChI=1S/C19H26N2O2/c22-19(20-15-7-4-8-15)17-11-16-12-21(13-18(17)23-16)10-9-14-5-2-1-3-6-14/h1-3,5-6,15-18H,4,7-13H2,(H,20,22)/t16-,17-,18+/m0/s1. The minimum absolute atomic E-state index is 0.0577. The number of rotatable bonds is 5. The molecule has 2 saturated heterocycles. The molecule has 3 fully saturated rings. The van der Waals surface area contributed by atoms with Gasteiger partial charge in [0, 0.05) is 25.7 Å². The zero-order valence-electron chi connectivity index (χ0n) is 13.6. The highest BCUT2D eigenvalue weighted by Crippen LogP contribution is 2.32. The topological polar surface area (TPSA) is 41.6 Å². The van der Waals surface area contributed by atoms with Crippen molar-refractivity contribution >= 4 is 5.91 Å². The summed E-state index contributed by atoms with van der Waals surface area (Å²) in [7, 11) is 0. The van der Waals surface area contributed by atoms with Gasteiger partial charge >= 0.3 is 0 Å². The van der Waals surface area contributed by atoms with E-state index >= 15 is 0 Å². The first-order valence-corrected chi connectivity index (χ1v) is 9.00. The van der Waals surface area contributed by atoms with Gasteiger partial charge in [-0.05, 0) is 37.7 Å². The Balaban J connectivity index is 1.30. The normalized spacial score (nSPS) is 30.9. The number of hydrogen-bond acceptors (Lipinski definition) is 3. The summed E-state index contributed by atoms with van der Waals surface area (Å²) in [4.78, 5) is 14.9. The molecule has 1 saturated carbocycles. The lowest BCUT2D eigenvalue weighted by molar-refractivity contribution is -0.129. The summed E-state index contributed by atoms with van der Waals surface area (Å²) in [5.74, 6) is 0.287. The number of morpholine rings is 1. The molecule has 1 N–H and O–H groups in total. The Kier molecular flexibility index (Phi) is 4.36. The average Bonchev–Trinajstić information content (AvgIpc) is 2.84. The molecule has 23 heavy (non-hydrogen) atoms. The lowest BCUT2D eigenvalue weighted by Crippen LogP contribution is -2.48. The van der Waals surface area contributed by atoms with E-state index < -0.39 is 0 Å². The predicted octanol–water partition coefficient (Wildman–Crippen LogP) is 1.99. The summed E-state index contributed by atoms with van der Waals surface area (Å²) < 4.78 is 6.04. The third-order valence-corrected chi connectivity index (χ3v) is 5.58. The number of hydrogen-bond donors (Lipinski definition) is 1. The van der Waals surface area contributed by atoms with Crippen molar-refractivity contribution in [2.24, 2.45) is 5.92 Å². The van der Waals surface area contributed by atoms with Crippen LogP contribution in [0.1, 0.15) is 31.2 Å². The molecule has 2 aliphatic heterocycles. The van der Waals surface area contributed by atoms with Crippen LogP contribution < -0.4 is 5.32 Å². The highest BCUT2D eigenvalue weighted by atomic mass is 16.5. The van der Waals surface area contributed by atoms with Gasteiger partial charge in [-0.25, -0.2) is 0 Å². The number of ether oxygens (including phenoxy) is 1. The second-order valence-corrected chi connectivity index (χ2v) is 7.27. The number of carbonyl (C=O) groups is 1. The van der Waals surface area contributed by atoms with Gasteiger partial charge in [0.15, 0.2) is 0 Å². The number of benzene rings is 1. The zero-order chi connectivity index (χ0) is 15.6. The maximum atomic E-state index is 12.5. The molecule has 3 atom stereocenters. The second kappa shape index (κ2) is 6.62. The second-order valence-electron chi connectivity index (χ2n) is 7.27. The molecule has 2 heterocycles. The first-order valence-electron chi connectivity index (χ1n) is 9.00. The number of likely N-dealkylation sites (tertiary alicyclic amines) is 1. The largest absolute Gasteiger partial charge is 0.371 e. The minimum atomic E-state index is 0.0577. The van der Waals surface area contributed by atoms with E-state index in [4.69, 9.17) is 4.74 Å². The van der Waals surface area contributed by atoms with Gasteiger partial charge < -0.3 is 10.1 Å². The van der Waals surface area contributed by atoms with Crippen molar-refractivity contribution in [2.45, 2.75) is 50.4 Å². The van der Waals surface area contributed by atoms with E-state index in [0.29, 0.717) is 6.04 Å². The number of nitrogens with one attached hydrogen (secondary N) is 1. The SMILES string of the molecule is O=C(NC1CCC1)[C@H]1C[C@H]2CN(CCc3ccccc3)C[C@H]1O2. The Morgan fingerprint density at radius 1 is 1.22 bits per heavy atom. The maximum absolute atomic E-state index is 12.5. The van der Waals surface area contributed by atoms with Gasteiger partial charge in [0.1, 0.15) is 0 Å². The molecule has 1 aliphatic carbocycles. The summed E-state index contributed by atoms with van der Waals surface area (Å²) >= 11 is 0. The highest BCUT2D eigenvalue weighted by molar-refractivity contribution is 5.80. The van der Waals surface area contributed by atoms with E-state index in [2.05, 4.69) is 40.5 Å². The lowest BCUT2D eigenvalue weighted by Gasteiger charge is -2.33. The fraction of sp³-hybridized carbons (Fsp3) is 0.632. The third-order valence-electron chi connectivity index (χ3n) is 5.58. The smallest absolute Gasteiger partial charge is 0.226 e. The molecular formula is C19H26N2O2. The molecule has 4 heteroatoms. The van der Waals surface area contributed by atoms with E-state index in [1.165, 1.54) is 12.0 Å². The van der Waals surface area contributed by atoms with Gasteiger partial charge in [-0.15, -0.1) is 0 Å². The van der Waals surface area contributed by atoms with E-state index in [-0.39, 0.29) is 24.0 Å². The molecule has 0 radical (unpaired) electrons. The molecule has 4 rings (SSSR count). The minimum Gasteiger partial charge on any atom is -0.371 e. The Morgan fingerprint density at radius 2 is 2.04 bits per heavy atom. The van der Waals surface area contributed by atoms with Crippen molar-refractivity contribution in [1.82, 2.24) is 10.2 Å². The van der Waals surface area contributed by atoms with Crippen LogP contribution in [0.15, 0.2) is 30.3 Å². The van der Waals surface area contributed by atoms with Crippen molar-refractivity contribution < 1.29 is 9.53 Å². The van der Waals surface area contributed by atoms with Crippen molar-refractivity contribution in [3.8, 4) is 0 Å². The number of nitrogens with zero attached hydrogens (tertiary/aromatic N) is 1. The van der Waals surface area contributed by atoms with E-state index in [1.54, 1.807) is 0 Å². The van der Waals surface area contributed by atoms with Gasteiger partial charge in [-0.2, -0.15) is 0 Å². The fourth-order valence-corrected chi connectivity index (χ4v) is 3.99. The van der Waals surface area contributed by atoms with E-state index in [9.17, 15) is 4.79 Å². The molecule has 3 aliphatic rings. The number of carbonyl (C=O) groups excluding carboxylic acids is 1. The molecule has 0 spiro atoms. The predicted molar refractivity (Wildman–Crippen MR) is 89.1 cm³/mol. The summed E-state index contributed by atoms with van der Waals surface area (Å²) in [5.41, 5.74) is 1.38. The van der Waals surface area contributed by atoms with Crippen LogP contribution in [0.4, 0.5) is 0 Å². The quantitative estimate of drug-likeness (QED) is 0.904. The van der Waals surface area contributed by atoms with Crippen LogP contribution in [0.3, 0.4) is 0 Å². The van der Waals surface area contributed by atoms with Gasteiger partial charge in [0.25, 0.3) is 0 Å². The number of amides is 1. The Bertz CT molecular complexity index is 544. The van der Waals surface area contributed by atoms with Gasteiger partial charge in [-0.1, -0.05) is 30.3 Å². The van der Waals surface area contributed by atoms with E-state index in [1.807, 2.05) is 0 Å². The molecule has 0 unspecified atom stereocenters. The Morgan fingerprint density at radius 3 is 2.78 bits per heavy atom. The van der Waals surface area contributed by atoms with Crippen molar-refractivity contribution in [1.29, 1.82) is 0 Å². The van der Waals surface area contributed by atoms with Crippen molar-refractivity contribution in [3.63, 3.8) is 0 Å². The van der Waals surface area contributed by atoms with Gasteiger partial charge in [0.05, 0.1) is 18.1 Å². The van der Waals surface area contributed by atoms with Gasteiger partial charge in [0.2, 0.25) is 5.91 Å². The van der Waals surface area contributed by atoms with Crippen LogP contribution in [0.2, 0.25) is 0 Å². The van der Waals surface area contributed by atoms with Crippen LogP contribution in [0.25, 0.3) is 0 Å². The van der Waals surface area contributed by atoms with Crippen LogP contribution in [-0.4, -0.2) is 48.7 Å². The summed E-state index contributed by atoms with van der Waals surface area (Å²) in [6, 6.07) is 11.0. The number of fused-ring (bicyclic) bond motifs is 2. The molecule has 0 aromatic heterocycles. The molecule has 1 aromatic rings. The maximum Gasteiger partial charge on any atom is 0.226 e. The first-order chi connectivity index (χ1) is 11.3. The Labute approximate surface area is 138 Å². The molecule has 1 aromatic carbocycles. The first kappa shape index (κ1) is 15.2. The molecule has 2 bridgehead atoms. The molecule has 124 valence electrons. The fourth-order valence-electron chi connectivity index (χ4n) is 3.99. The monoisotopic (exact) mass is 314 g/mol. The third kappa shape index (κ3) is 3.43. The summed E-state index contributed by atoms with van der Waals surface area (Å²) in [5, 5.41) is 3.21. The zero-order valence-corrected chi connectivity index (χ0v) is 13.6. The van der Waals surface area contributed by atoms with Gasteiger partial charge in [-0.3, -0.25) is 9.69 Å². The van der Waals surface area contributed by atoms with Crippen LogP contribution >= 0.6 is 0 Å². The molecular weight excluding hydrogens is 288 g/mol. The van der Waals surface area contributed by atoms with Crippen LogP contribution in [0.5, 0.6) is 0 Å². The summed E-state index contributed by atoms with van der Waals surface area (Å²) in [6.45, 7) is 2.92. The molecule has 1 amide bonds. The average molecular weight is 314 g/mol. The van der Waals surface area contributed by atoms with Crippen LogP contribution in [0, 0.1) is 5.92 Å². The van der Waals surface area contributed by atoms with E-state index in [0.717, 1.165) is 45.3 Å². The van der Waals surface area contributed by atoms with Crippen molar-refractivity contribution in [3.05, 3.63) is 35.9 Å². The lowest BCUT2D eigenvalue weighted by atomic mass is 9.91. The highest BCUT2D eigenvalue weighted by Gasteiger charge is 2.44. The summed E-state index contributed by atoms with van der Waals surface area (Å²) in [6.07, 6.45) is 5.84. The van der Waals surface area contributed by atoms with Crippen LogP contribution in [-0.2, 0) is 16.0 Å². The Hall–Kier alpha value is -1.39.